The van der Waals surface area contributed by atoms with E-state index in [9.17, 15) is 34.8 Å². The first kappa shape index (κ1) is 21.3. The van der Waals surface area contributed by atoms with Crippen molar-refractivity contribution in [2.45, 2.75) is 31.0 Å². The molecule has 170 valence electrons. The van der Waals surface area contributed by atoms with Crippen LogP contribution in [-0.4, -0.2) is 54.6 Å². The van der Waals surface area contributed by atoms with Gasteiger partial charge in [-0.25, -0.2) is 0 Å². The first-order chi connectivity index (χ1) is 15.7. The van der Waals surface area contributed by atoms with Gasteiger partial charge in [0.25, 0.3) is 0 Å². The zero-order chi connectivity index (χ0) is 23.7. The molecule has 3 aliphatic rings. The standard InChI is InChI=1S/C24H22N2O7/c25-23(32)19-16(28)9-12-7-11-8-14-13(10-3-5-26-6-4-10)1-2-15(27)18(14)20(29)17(11)21(30)24(12,33)22(19)31/h1-6,11-12,16,19,27-29,33H,7-9H2,(H2,25,32)/t11-,12+,16?,19?,24+/m1/s1. The molecule has 0 spiro atoms. The van der Waals surface area contributed by atoms with Crippen molar-refractivity contribution in [2.24, 2.45) is 23.5 Å². The second-order valence-electron chi connectivity index (χ2n) is 8.96. The molecule has 0 aliphatic heterocycles. The number of hydrogen-bond donors (Lipinski definition) is 5. The summed E-state index contributed by atoms with van der Waals surface area (Å²) in [6, 6.07) is 6.69. The van der Waals surface area contributed by atoms with E-state index in [4.69, 9.17) is 5.73 Å². The smallest absolute Gasteiger partial charge is 0.230 e. The molecule has 9 heteroatoms. The van der Waals surface area contributed by atoms with Crippen molar-refractivity contribution in [3.05, 3.63) is 53.4 Å². The van der Waals surface area contributed by atoms with Crippen molar-refractivity contribution < 1.29 is 34.8 Å². The Hall–Kier alpha value is -3.56. The van der Waals surface area contributed by atoms with Crippen molar-refractivity contribution >= 4 is 23.2 Å². The van der Waals surface area contributed by atoms with E-state index in [1.54, 1.807) is 30.6 Å². The molecule has 5 atom stereocenters. The van der Waals surface area contributed by atoms with Gasteiger partial charge in [0.05, 0.1) is 11.7 Å². The monoisotopic (exact) mass is 450 g/mol. The predicted octanol–water partition coefficient (Wildman–Crippen LogP) is 0.651. The minimum Gasteiger partial charge on any atom is -0.507 e. The lowest BCUT2D eigenvalue weighted by Gasteiger charge is -2.48. The molecule has 6 N–H and O–H groups in total. The number of fused-ring (bicyclic) bond motifs is 3. The van der Waals surface area contributed by atoms with Gasteiger partial charge in [0.15, 0.2) is 11.4 Å². The van der Waals surface area contributed by atoms with Gasteiger partial charge in [-0.3, -0.25) is 19.4 Å². The van der Waals surface area contributed by atoms with E-state index in [1.807, 2.05) is 0 Å². The van der Waals surface area contributed by atoms with Gasteiger partial charge in [-0.05, 0) is 60.1 Å². The number of aromatic hydroxyl groups is 1. The second kappa shape index (κ2) is 7.23. The number of nitrogens with zero attached hydrogens (tertiary/aromatic N) is 1. The molecule has 1 aromatic heterocycles. The van der Waals surface area contributed by atoms with E-state index in [1.165, 1.54) is 6.07 Å². The van der Waals surface area contributed by atoms with Crippen molar-refractivity contribution in [1.29, 1.82) is 0 Å². The Balaban J connectivity index is 1.67. The fourth-order valence-electron chi connectivity index (χ4n) is 5.73. The van der Waals surface area contributed by atoms with Gasteiger partial charge in [-0.15, -0.1) is 0 Å². The number of hydrogen-bond acceptors (Lipinski definition) is 8. The molecular formula is C24H22N2O7. The molecule has 2 aromatic rings. The molecule has 1 amide bonds. The Bertz CT molecular complexity index is 1240. The highest BCUT2D eigenvalue weighted by Gasteiger charge is 2.63. The van der Waals surface area contributed by atoms with Gasteiger partial charge >= 0.3 is 0 Å². The summed E-state index contributed by atoms with van der Waals surface area (Å²) in [7, 11) is 0. The first-order valence-corrected chi connectivity index (χ1v) is 10.6. The number of pyridine rings is 1. The Kier molecular flexibility index (Phi) is 4.66. The summed E-state index contributed by atoms with van der Waals surface area (Å²) in [6.07, 6.45) is 2.07. The predicted molar refractivity (Wildman–Crippen MR) is 114 cm³/mol. The zero-order valence-electron chi connectivity index (χ0n) is 17.4. The molecule has 2 unspecified atom stereocenters. The minimum absolute atomic E-state index is 0.0701. The van der Waals surface area contributed by atoms with Crippen LogP contribution in [0.2, 0.25) is 0 Å². The largest absolute Gasteiger partial charge is 0.507 e. The number of nitrogens with two attached hydrogens (primary N) is 1. The third kappa shape index (κ3) is 2.86. The van der Waals surface area contributed by atoms with Crippen molar-refractivity contribution in [3.63, 3.8) is 0 Å². The van der Waals surface area contributed by atoms with E-state index >= 15 is 0 Å². The Morgan fingerprint density at radius 2 is 1.79 bits per heavy atom. The number of aromatic nitrogens is 1. The maximum absolute atomic E-state index is 13.5. The Morgan fingerprint density at radius 1 is 1.09 bits per heavy atom. The quantitative estimate of drug-likeness (QED) is 0.415. The number of benzene rings is 1. The second-order valence-corrected chi connectivity index (χ2v) is 8.96. The number of aliphatic hydroxyl groups is 3. The molecular weight excluding hydrogens is 428 g/mol. The zero-order valence-corrected chi connectivity index (χ0v) is 17.4. The van der Waals surface area contributed by atoms with Gasteiger partial charge in [0, 0.05) is 23.9 Å². The first-order valence-electron chi connectivity index (χ1n) is 10.6. The fraction of sp³-hybridized carbons (Fsp3) is 0.333. The van der Waals surface area contributed by atoms with Crippen LogP contribution in [0.3, 0.4) is 0 Å². The lowest BCUT2D eigenvalue weighted by atomic mass is 9.56. The van der Waals surface area contributed by atoms with Crippen LogP contribution in [0.5, 0.6) is 5.75 Å². The number of carbonyl (C=O) groups excluding carboxylic acids is 3. The van der Waals surface area contributed by atoms with Gasteiger partial charge in [0.1, 0.15) is 17.4 Å². The maximum Gasteiger partial charge on any atom is 0.230 e. The normalized spacial score (nSPS) is 31.0. The van der Waals surface area contributed by atoms with Crippen molar-refractivity contribution in [2.75, 3.05) is 0 Å². The SMILES string of the molecule is NC(=O)C1C(=O)[C@@]2(O)C(=O)C3=C(O)c4c(O)ccc(-c5ccncc5)c4C[C@H]3C[C@H]2CC1O. The molecule has 2 saturated carbocycles. The van der Waals surface area contributed by atoms with E-state index in [-0.39, 0.29) is 36.1 Å². The highest BCUT2D eigenvalue weighted by Crippen LogP contribution is 2.52. The Labute approximate surface area is 188 Å². The average Bonchev–Trinajstić information content (AvgIpc) is 2.76. The number of ketones is 2. The van der Waals surface area contributed by atoms with Crippen LogP contribution >= 0.6 is 0 Å². The Morgan fingerprint density at radius 3 is 2.45 bits per heavy atom. The molecule has 1 aromatic carbocycles. The number of phenols is 1. The van der Waals surface area contributed by atoms with Crippen LogP contribution in [-0.2, 0) is 20.8 Å². The molecule has 2 fully saturated rings. The molecule has 0 bridgehead atoms. The molecule has 5 rings (SSSR count). The van der Waals surface area contributed by atoms with Gasteiger partial charge in [0.2, 0.25) is 11.7 Å². The molecule has 33 heavy (non-hydrogen) atoms. The maximum atomic E-state index is 13.5. The topological polar surface area (TPSA) is 171 Å². The fourth-order valence-corrected chi connectivity index (χ4v) is 5.73. The van der Waals surface area contributed by atoms with Gasteiger partial charge in [-0.1, -0.05) is 6.07 Å². The highest BCUT2D eigenvalue weighted by molar-refractivity contribution is 6.24. The van der Waals surface area contributed by atoms with Gasteiger partial charge in [-0.2, -0.15) is 0 Å². The van der Waals surface area contributed by atoms with E-state index in [2.05, 4.69) is 4.98 Å². The van der Waals surface area contributed by atoms with Crippen LogP contribution in [0, 0.1) is 17.8 Å². The van der Waals surface area contributed by atoms with E-state index in [0.29, 0.717) is 5.56 Å². The number of rotatable bonds is 2. The van der Waals surface area contributed by atoms with Crippen LogP contribution < -0.4 is 5.73 Å². The number of Topliss-reactive ketones (excluding diaryl/α,β-unsaturated/α-hetero) is 2. The summed E-state index contributed by atoms with van der Waals surface area (Å²) in [5, 5.41) is 43.2. The number of phenolic OH excluding ortho intramolecular Hbond substituents is 1. The summed E-state index contributed by atoms with van der Waals surface area (Å²) >= 11 is 0. The lowest BCUT2D eigenvalue weighted by Crippen LogP contribution is -2.66. The minimum atomic E-state index is -2.57. The van der Waals surface area contributed by atoms with Crippen molar-refractivity contribution in [3.8, 4) is 16.9 Å². The van der Waals surface area contributed by atoms with E-state index < -0.39 is 52.7 Å². The van der Waals surface area contributed by atoms with Crippen molar-refractivity contribution in [1.82, 2.24) is 4.98 Å². The van der Waals surface area contributed by atoms with Crippen LogP contribution in [0.15, 0.2) is 42.2 Å². The molecule has 9 nitrogen and oxygen atoms in total. The van der Waals surface area contributed by atoms with E-state index in [0.717, 1.165) is 11.1 Å². The van der Waals surface area contributed by atoms with Crippen LogP contribution in [0.4, 0.5) is 0 Å². The van der Waals surface area contributed by atoms with Gasteiger partial charge < -0.3 is 26.2 Å². The summed E-state index contributed by atoms with van der Waals surface area (Å²) in [5.74, 6) is -7.23. The third-order valence-electron chi connectivity index (χ3n) is 7.26. The number of primary amides is 1. The van der Waals surface area contributed by atoms with Crippen LogP contribution in [0.25, 0.3) is 16.9 Å². The summed E-state index contributed by atoms with van der Waals surface area (Å²) in [4.78, 5) is 42.2. The molecule has 1 heterocycles. The molecule has 0 saturated heterocycles. The summed E-state index contributed by atoms with van der Waals surface area (Å²) in [6.45, 7) is 0. The van der Waals surface area contributed by atoms with Crippen LogP contribution in [0.1, 0.15) is 24.0 Å². The number of amides is 1. The number of carbonyl (C=O) groups is 3. The number of aliphatic hydroxyl groups excluding tert-OH is 2. The lowest BCUT2D eigenvalue weighted by molar-refractivity contribution is -0.174. The average molecular weight is 450 g/mol. The highest BCUT2D eigenvalue weighted by atomic mass is 16.3. The summed E-state index contributed by atoms with van der Waals surface area (Å²) in [5.41, 5.74) is 4.77. The summed E-state index contributed by atoms with van der Waals surface area (Å²) < 4.78 is 0. The molecule has 0 radical (unpaired) electrons. The molecule has 3 aliphatic carbocycles. The third-order valence-corrected chi connectivity index (χ3v) is 7.26.